The van der Waals surface area contributed by atoms with E-state index < -0.39 is 0 Å². The molecule has 0 atom stereocenters. The highest BCUT2D eigenvalue weighted by Gasteiger charge is 1.85. The van der Waals surface area contributed by atoms with Crippen molar-refractivity contribution in [1.82, 2.24) is 10.2 Å². The highest BCUT2D eigenvalue weighted by molar-refractivity contribution is 5.50. The summed E-state index contributed by atoms with van der Waals surface area (Å²) in [6.45, 7) is 0. The summed E-state index contributed by atoms with van der Waals surface area (Å²) in [5.41, 5.74) is 0. The van der Waals surface area contributed by atoms with Crippen molar-refractivity contribution in [2.75, 3.05) is 0 Å². The minimum atomic E-state index is 0.139. The van der Waals surface area contributed by atoms with E-state index in [1.54, 1.807) is 0 Å². The maximum absolute atomic E-state index is 9.69. The number of rotatable bonds is 0. The summed E-state index contributed by atoms with van der Waals surface area (Å²) in [4.78, 5) is 19.4. The summed E-state index contributed by atoms with van der Waals surface area (Å²) in [6, 6.07) is 0. The van der Waals surface area contributed by atoms with E-state index in [1.165, 1.54) is 11.9 Å². The van der Waals surface area contributed by atoms with Crippen molar-refractivity contribution in [2.24, 2.45) is 0 Å². The zero-order chi connectivity index (χ0) is 5.98. The van der Waals surface area contributed by atoms with Crippen LogP contribution in [0, 0.1) is 0 Å². The molecule has 0 saturated heterocycles. The highest BCUT2D eigenvalue weighted by atomic mass is 16.1. The molecule has 0 aliphatic rings. The van der Waals surface area contributed by atoms with Crippen LogP contribution in [0.1, 0.15) is 0 Å². The standard InChI is InChI=1S/C4H2N2O2/c7-1-3-4(2-8)6-5-3/h5-6H. The summed E-state index contributed by atoms with van der Waals surface area (Å²) >= 11 is 0. The average molecular weight is 110 g/mol. The van der Waals surface area contributed by atoms with Gasteiger partial charge in [-0.1, -0.05) is 0 Å². The van der Waals surface area contributed by atoms with Crippen molar-refractivity contribution in [3.63, 3.8) is 0 Å². The Morgan fingerprint density at radius 2 is 1.38 bits per heavy atom. The van der Waals surface area contributed by atoms with Crippen LogP contribution < -0.4 is 10.7 Å². The Hall–Kier alpha value is -1.50. The van der Waals surface area contributed by atoms with E-state index in [0.29, 0.717) is 0 Å². The molecule has 0 bridgehead atoms. The Balaban J connectivity index is 3.74. The molecule has 4 heteroatoms. The Morgan fingerprint density at radius 3 is 1.50 bits per heavy atom. The molecule has 0 amide bonds. The fraction of sp³-hybridized carbons (Fsp3) is 0. The van der Waals surface area contributed by atoms with Crippen LogP contribution in [-0.2, 0) is 9.59 Å². The van der Waals surface area contributed by atoms with Crippen LogP contribution in [0.5, 0.6) is 0 Å². The van der Waals surface area contributed by atoms with Gasteiger partial charge in [0.25, 0.3) is 0 Å². The molecule has 0 radical (unpaired) electrons. The predicted molar refractivity (Wildman–Crippen MR) is 24.0 cm³/mol. The molecular formula is C4H2N2O2. The van der Waals surface area contributed by atoms with Gasteiger partial charge >= 0.3 is 0 Å². The molecule has 1 heterocycles. The minimum absolute atomic E-state index is 0.139. The van der Waals surface area contributed by atoms with E-state index in [4.69, 9.17) is 0 Å². The van der Waals surface area contributed by atoms with Crippen LogP contribution in [0.4, 0.5) is 0 Å². The van der Waals surface area contributed by atoms with Gasteiger partial charge in [0.15, 0.2) is 22.6 Å². The predicted octanol–water partition coefficient (Wildman–Crippen LogP) is -2.65. The smallest absolute Gasteiger partial charge is 0.175 e. The van der Waals surface area contributed by atoms with Gasteiger partial charge in [-0.25, -0.2) is 9.59 Å². The third-order valence-corrected chi connectivity index (χ3v) is 0.767. The van der Waals surface area contributed by atoms with E-state index in [-0.39, 0.29) is 10.7 Å². The number of aromatic nitrogens is 2. The molecule has 1 aromatic heterocycles. The Labute approximate surface area is 43.5 Å². The summed E-state index contributed by atoms with van der Waals surface area (Å²) < 4.78 is 0. The molecule has 0 aliphatic carbocycles. The van der Waals surface area contributed by atoms with Crippen molar-refractivity contribution >= 4 is 11.9 Å². The third kappa shape index (κ3) is 0.417. The summed E-state index contributed by atoms with van der Waals surface area (Å²) in [7, 11) is 0. The van der Waals surface area contributed by atoms with Gasteiger partial charge in [0.05, 0.1) is 0 Å². The van der Waals surface area contributed by atoms with Gasteiger partial charge in [-0.05, 0) is 0 Å². The first kappa shape index (κ1) is 4.65. The second-order valence-electron chi connectivity index (χ2n) is 1.20. The number of hydrogen-bond acceptors (Lipinski definition) is 2. The van der Waals surface area contributed by atoms with Crippen molar-refractivity contribution in [3.8, 4) is 0 Å². The lowest BCUT2D eigenvalue weighted by atomic mass is 10.6. The monoisotopic (exact) mass is 110 g/mol. The second-order valence-corrected chi connectivity index (χ2v) is 1.20. The normalized spacial score (nSPS) is 8.00. The Morgan fingerprint density at radius 1 is 1.00 bits per heavy atom. The fourth-order valence-electron chi connectivity index (χ4n) is 0.341. The average Bonchev–Trinajstić information content (AvgIpc) is 1.66. The van der Waals surface area contributed by atoms with E-state index >= 15 is 0 Å². The first-order valence-electron chi connectivity index (χ1n) is 1.91. The molecule has 1 rings (SSSR count). The van der Waals surface area contributed by atoms with E-state index in [2.05, 4.69) is 10.2 Å². The summed E-state index contributed by atoms with van der Waals surface area (Å²) in [6.07, 6.45) is 0. The molecule has 1 aromatic rings. The van der Waals surface area contributed by atoms with Gasteiger partial charge in [-0.2, -0.15) is 0 Å². The largest absolute Gasteiger partial charge is 0.287 e. The number of carbonyl (C=O) groups excluding carboxylic acids is 2. The molecule has 0 spiro atoms. The summed E-state index contributed by atoms with van der Waals surface area (Å²) in [5, 5.41) is 4.96. The molecular weight excluding hydrogens is 108 g/mol. The van der Waals surface area contributed by atoms with E-state index in [0.717, 1.165) is 0 Å². The topological polar surface area (TPSA) is 65.7 Å². The lowest BCUT2D eigenvalue weighted by Gasteiger charge is -1.84. The molecule has 2 N–H and O–H groups in total. The Bertz CT molecular complexity index is 287. The van der Waals surface area contributed by atoms with Crippen molar-refractivity contribution in [3.05, 3.63) is 10.7 Å². The van der Waals surface area contributed by atoms with E-state index in [1.807, 2.05) is 0 Å². The van der Waals surface area contributed by atoms with Crippen molar-refractivity contribution in [2.45, 2.75) is 0 Å². The third-order valence-electron chi connectivity index (χ3n) is 0.767. The molecule has 0 unspecified atom stereocenters. The second kappa shape index (κ2) is 1.54. The van der Waals surface area contributed by atoms with Crippen LogP contribution in [0.2, 0.25) is 0 Å². The Kier molecular flexibility index (Phi) is 0.897. The van der Waals surface area contributed by atoms with Crippen LogP contribution in [0.15, 0.2) is 0 Å². The lowest BCUT2D eigenvalue weighted by molar-refractivity contribution is 0.559. The van der Waals surface area contributed by atoms with Gasteiger partial charge in [0.1, 0.15) is 0 Å². The first-order chi connectivity index (χ1) is 3.88. The molecule has 0 saturated carbocycles. The maximum Gasteiger partial charge on any atom is 0.175 e. The fourth-order valence-corrected chi connectivity index (χ4v) is 0.341. The van der Waals surface area contributed by atoms with Gasteiger partial charge < -0.3 is 0 Å². The maximum atomic E-state index is 9.69. The number of nitrogens with one attached hydrogen (secondary N) is 2. The molecule has 40 valence electrons. The van der Waals surface area contributed by atoms with Crippen molar-refractivity contribution in [1.29, 1.82) is 0 Å². The molecule has 8 heavy (non-hydrogen) atoms. The van der Waals surface area contributed by atoms with Gasteiger partial charge in [0.2, 0.25) is 0 Å². The van der Waals surface area contributed by atoms with Crippen LogP contribution in [-0.4, -0.2) is 22.1 Å². The van der Waals surface area contributed by atoms with Gasteiger partial charge in [0, 0.05) is 0 Å². The van der Waals surface area contributed by atoms with Gasteiger partial charge in [-0.15, -0.1) is 0 Å². The number of H-pyrrole nitrogens is 2. The molecule has 4 nitrogen and oxygen atoms in total. The number of hydrogen-bond donors (Lipinski definition) is 2. The van der Waals surface area contributed by atoms with Crippen molar-refractivity contribution < 1.29 is 9.59 Å². The van der Waals surface area contributed by atoms with E-state index in [9.17, 15) is 9.59 Å². The SMILES string of the molecule is O=C=c1[nH][nH]c1=C=O. The zero-order valence-electron chi connectivity index (χ0n) is 3.82. The minimum Gasteiger partial charge on any atom is -0.287 e. The number of aromatic amines is 2. The quantitative estimate of drug-likeness (QED) is 0.383. The summed E-state index contributed by atoms with van der Waals surface area (Å²) in [5.74, 6) is 2.99. The van der Waals surface area contributed by atoms with Crippen LogP contribution >= 0.6 is 0 Å². The van der Waals surface area contributed by atoms with Crippen LogP contribution in [0.25, 0.3) is 0 Å². The zero-order valence-corrected chi connectivity index (χ0v) is 3.82. The molecule has 0 fully saturated rings. The lowest BCUT2D eigenvalue weighted by Crippen LogP contribution is -2.42. The molecule has 0 aromatic carbocycles. The first-order valence-corrected chi connectivity index (χ1v) is 1.91. The van der Waals surface area contributed by atoms with Crippen LogP contribution in [0.3, 0.4) is 0 Å². The highest BCUT2D eigenvalue weighted by Crippen LogP contribution is 1.28. The molecule has 0 aliphatic heterocycles. The van der Waals surface area contributed by atoms with Gasteiger partial charge in [-0.3, -0.25) is 10.2 Å².